The third-order valence-corrected chi connectivity index (χ3v) is 5.81. The van der Waals surface area contributed by atoms with Crippen molar-refractivity contribution in [1.82, 2.24) is 0 Å². The number of hydrogen-bond acceptors (Lipinski definition) is 1. The van der Waals surface area contributed by atoms with E-state index in [0.29, 0.717) is 11.5 Å². The van der Waals surface area contributed by atoms with Gasteiger partial charge in [0.05, 0.1) is 0 Å². The summed E-state index contributed by atoms with van der Waals surface area (Å²) in [5.74, 6) is 1.87. The zero-order valence-electron chi connectivity index (χ0n) is 10.6. The van der Waals surface area contributed by atoms with E-state index in [4.69, 9.17) is 0 Å². The van der Waals surface area contributed by atoms with Crippen LogP contribution in [0.3, 0.4) is 0 Å². The second-order valence-corrected chi connectivity index (χ2v) is 6.63. The van der Waals surface area contributed by atoms with Crippen molar-refractivity contribution in [2.24, 2.45) is 29.1 Å². The third kappa shape index (κ3) is 1.49. The molecule has 0 aromatic carbocycles. The van der Waals surface area contributed by atoms with Crippen LogP contribution in [-0.2, 0) is 4.79 Å². The molecular weight excluding hydrogens is 212 g/mol. The van der Waals surface area contributed by atoms with E-state index in [-0.39, 0.29) is 11.3 Å². The van der Waals surface area contributed by atoms with Gasteiger partial charge in [-0.15, -0.1) is 0 Å². The number of carboxylic acid groups (broad SMARTS) is 1. The summed E-state index contributed by atoms with van der Waals surface area (Å²) in [5.41, 5.74) is 0.778. The van der Waals surface area contributed by atoms with Crippen molar-refractivity contribution in [2.45, 2.75) is 45.4 Å². The topological polar surface area (TPSA) is 37.3 Å². The first-order valence-electron chi connectivity index (χ1n) is 6.98. The Bertz CT molecular complexity index is 357. The average Bonchev–Trinajstić information content (AvgIpc) is 2.27. The predicted octanol–water partition coefficient (Wildman–Crippen LogP) is 3.48. The highest BCUT2D eigenvalue weighted by Gasteiger charge is 2.57. The van der Waals surface area contributed by atoms with Gasteiger partial charge in [-0.05, 0) is 67.6 Å². The first kappa shape index (κ1) is 11.3. The minimum atomic E-state index is -0.768. The molecule has 2 nitrogen and oxygen atoms in total. The van der Waals surface area contributed by atoms with Crippen LogP contribution in [0.1, 0.15) is 45.4 Å². The number of carbonyl (C=O) groups is 1. The SMILES string of the molecule is C=C(C(=O)O)C1C2CC3CC(C2)CC1(CC)C3. The van der Waals surface area contributed by atoms with E-state index >= 15 is 0 Å². The van der Waals surface area contributed by atoms with Gasteiger partial charge in [-0.25, -0.2) is 4.79 Å². The highest BCUT2D eigenvalue weighted by molar-refractivity contribution is 5.86. The maximum absolute atomic E-state index is 11.3. The quantitative estimate of drug-likeness (QED) is 0.759. The molecular formula is C15H22O2. The van der Waals surface area contributed by atoms with E-state index in [0.717, 1.165) is 18.3 Å². The maximum atomic E-state index is 11.3. The van der Waals surface area contributed by atoms with Gasteiger partial charge in [-0.2, -0.15) is 0 Å². The molecule has 17 heavy (non-hydrogen) atoms. The Kier molecular flexibility index (Phi) is 2.39. The van der Waals surface area contributed by atoms with Gasteiger partial charge in [0.25, 0.3) is 0 Å². The molecule has 4 aliphatic rings. The second-order valence-electron chi connectivity index (χ2n) is 6.63. The molecule has 4 fully saturated rings. The summed E-state index contributed by atoms with van der Waals surface area (Å²) >= 11 is 0. The fourth-order valence-corrected chi connectivity index (χ4v) is 5.50. The van der Waals surface area contributed by atoms with Crippen molar-refractivity contribution in [2.75, 3.05) is 0 Å². The largest absolute Gasteiger partial charge is 0.478 e. The number of rotatable bonds is 3. The summed E-state index contributed by atoms with van der Waals surface area (Å²) in [6.07, 6.45) is 7.57. The van der Waals surface area contributed by atoms with Gasteiger partial charge in [-0.3, -0.25) is 0 Å². The third-order valence-electron chi connectivity index (χ3n) is 5.81. The van der Waals surface area contributed by atoms with Gasteiger partial charge >= 0.3 is 5.97 Å². The van der Waals surface area contributed by atoms with Gasteiger partial charge < -0.3 is 5.11 Å². The van der Waals surface area contributed by atoms with Gasteiger partial charge in [0, 0.05) is 5.57 Å². The average molecular weight is 234 g/mol. The molecule has 0 aromatic rings. The van der Waals surface area contributed by atoms with Gasteiger partial charge in [0.1, 0.15) is 0 Å². The fourth-order valence-electron chi connectivity index (χ4n) is 5.50. The minimum Gasteiger partial charge on any atom is -0.478 e. The van der Waals surface area contributed by atoms with Crippen LogP contribution in [0.2, 0.25) is 0 Å². The molecule has 0 radical (unpaired) electrons. The molecule has 4 saturated carbocycles. The van der Waals surface area contributed by atoms with Crippen molar-refractivity contribution < 1.29 is 9.90 Å². The Labute approximate surface area is 103 Å². The molecule has 4 bridgehead atoms. The Balaban J connectivity index is 1.97. The van der Waals surface area contributed by atoms with Gasteiger partial charge in [0.2, 0.25) is 0 Å². The molecule has 0 aliphatic heterocycles. The summed E-state index contributed by atoms with van der Waals surface area (Å²) in [4.78, 5) is 11.3. The smallest absolute Gasteiger partial charge is 0.331 e. The molecule has 2 heteroatoms. The summed E-state index contributed by atoms with van der Waals surface area (Å²) in [6.45, 7) is 6.14. The molecule has 4 rings (SSSR count). The van der Waals surface area contributed by atoms with Crippen LogP contribution >= 0.6 is 0 Å². The molecule has 3 unspecified atom stereocenters. The monoisotopic (exact) mass is 234 g/mol. The normalized spacial score (nSPS) is 47.1. The molecule has 3 atom stereocenters. The molecule has 1 N–H and O–H groups in total. The summed E-state index contributed by atoms with van der Waals surface area (Å²) in [5, 5.41) is 9.28. The van der Waals surface area contributed by atoms with Crippen LogP contribution in [-0.4, -0.2) is 11.1 Å². The van der Waals surface area contributed by atoms with Gasteiger partial charge in [0.15, 0.2) is 0 Å². The molecule has 0 saturated heterocycles. The zero-order valence-corrected chi connectivity index (χ0v) is 10.6. The second kappa shape index (κ2) is 3.60. The Morgan fingerprint density at radius 3 is 2.35 bits per heavy atom. The number of carboxylic acids is 1. The van der Waals surface area contributed by atoms with Crippen LogP contribution in [0, 0.1) is 29.1 Å². The van der Waals surface area contributed by atoms with Crippen molar-refractivity contribution in [3.05, 3.63) is 12.2 Å². The van der Waals surface area contributed by atoms with Crippen molar-refractivity contribution in [3.8, 4) is 0 Å². The minimum absolute atomic E-state index is 0.262. The summed E-state index contributed by atoms with van der Waals surface area (Å²) in [7, 11) is 0. The lowest BCUT2D eigenvalue weighted by Gasteiger charge is -2.61. The highest BCUT2D eigenvalue weighted by atomic mass is 16.4. The van der Waals surface area contributed by atoms with Gasteiger partial charge in [-0.1, -0.05) is 13.5 Å². The molecule has 0 amide bonds. The van der Waals surface area contributed by atoms with Crippen molar-refractivity contribution in [1.29, 1.82) is 0 Å². The maximum Gasteiger partial charge on any atom is 0.331 e. The Morgan fingerprint density at radius 2 is 1.88 bits per heavy atom. The van der Waals surface area contributed by atoms with E-state index in [9.17, 15) is 9.90 Å². The standard InChI is InChI=1S/C15H22O2/c1-3-15-7-10-4-11(8-15)6-12(5-10)13(15)9(2)14(16)17/h10-13H,2-8H2,1H3,(H,16,17). The van der Waals surface area contributed by atoms with Crippen LogP contribution in [0.25, 0.3) is 0 Å². The van der Waals surface area contributed by atoms with Crippen LogP contribution < -0.4 is 0 Å². The zero-order chi connectivity index (χ0) is 12.2. The fraction of sp³-hybridized carbons (Fsp3) is 0.800. The van der Waals surface area contributed by atoms with E-state index in [1.165, 1.54) is 32.1 Å². The van der Waals surface area contributed by atoms with Crippen LogP contribution in [0.4, 0.5) is 0 Å². The van der Waals surface area contributed by atoms with Crippen LogP contribution in [0.5, 0.6) is 0 Å². The lowest BCUT2D eigenvalue weighted by molar-refractivity contribution is -0.139. The van der Waals surface area contributed by atoms with Crippen LogP contribution in [0.15, 0.2) is 12.2 Å². The summed E-state index contributed by atoms with van der Waals surface area (Å²) in [6, 6.07) is 0. The molecule has 0 aromatic heterocycles. The number of aliphatic carboxylic acids is 1. The van der Waals surface area contributed by atoms with E-state index in [1.807, 2.05) is 0 Å². The number of hydrogen-bond donors (Lipinski definition) is 1. The summed E-state index contributed by atoms with van der Waals surface area (Å²) < 4.78 is 0. The van der Waals surface area contributed by atoms with E-state index in [1.54, 1.807) is 0 Å². The van der Waals surface area contributed by atoms with Crippen molar-refractivity contribution in [3.63, 3.8) is 0 Å². The lowest BCUT2D eigenvalue weighted by Crippen LogP contribution is -2.53. The lowest BCUT2D eigenvalue weighted by atomic mass is 9.43. The van der Waals surface area contributed by atoms with Crippen molar-refractivity contribution >= 4 is 5.97 Å². The molecule has 0 spiro atoms. The molecule has 0 heterocycles. The van der Waals surface area contributed by atoms with E-state index < -0.39 is 5.97 Å². The predicted molar refractivity (Wildman–Crippen MR) is 66.5 cm³/mol. The van der Waals surface area contributed by atoms with E-state index in [2.05, 4.69) is 13.5 Å². The molecule has 94 valence electrons. The molecule has 4 aliphatic carbocycles. The highest BCUT2D eigenvalue weighted by Crippen LogP contribution is 2.65. The first-order chi connectivity index (χ1) is 8.05. The Hall–Kier alpha value is -0.790. The Morgan fingerprint density at radius 1 is 1.29 bits per heavy atom. The first-order valence-corrected chi connectivity index (χ1v) is 6.98.